The fourth-order valence-corrected chi connectivity index (χ4v) is 16.3. The Morgan fingerprint density at radius 2 is 1.32 bits per heavy atom. The Balaban J connectivity index is -0.000000853. The standard InChI is InChI=1S/C13H25Si2.3ClH.V/c1-11-8-9-12(10-11)13(14(2,3)4)15(5,6)7;;;;/h8-10,13H,1-7H3;3*1H;/q;;;;+3/p-3. The minimum absolute atomic E-state index is 0. The molecule has 0 aliphatic heterocycles. The molecule has 1 unspecified atom stereocenters. The summed E-state index contributed by atoms with van der Waals surface area (Å²) in [5, 5.41) is 0.877. The average molecular weight is 395 g/mol. The third-order valence-corrected chi connectivity index (χ3v) is 12.9. The van der Waals surface area contributed by atoms with Gasteiger partial charge in [0.05, 0.1) is 0 Å². The molecule has 0 N–H and O–H groups in total. The number of hydrogen-bond acceptors (Lipinski definition) is 0. The Kier molecular flexibility index (Phi) is 10.8. The Bertz CT molecular complexity index is 325. The van der Waals surface area contributed by atoms with Crippen molar-refractivity contribution in [3.05, 3.63) is 23.8 Å². The zero-order valence-corrected chi connectivity index (χ0v) is 18.6. The van der Waals surface area contributed by atoms with Crippen molar-refractivity contribution < 1.29 is 54.6 Å². The summed E-state index contributed by atoms with van der Waals surface area (Å²) in [6.07, 6.45) is 7.21. The number of allylic oxidation sites excluding steroid dienone is 4. The molecule has 6 heteroatoms. The normalized spacial score (nSPS) is 22.3. The minimum atomic E-state index is -1.11. The second kappa shape index (κ2) is 8.12. The zero-order chi connectivity index (χ0) is 12.8. The Morgan fingerprint density at radius 3 is 1.53 bits per heavy atom. The van der Waals surface area contributed by atoms with E-state index in [1.807, 2.05) is 0 Å². The fraction of sp³-hybridized carbons (Fsp3) is 0.692. The van der Waals surface area contributed by atoms with Gasteiger partial charge in [-0.05, 0) is 0 Å². The number of halogens is 3. The Hall–Kier alpha value is 1.37. The molecule has 111 valence electrons. The topological polar surface area (TPSA) is 0 Å². The quantitative estimate of drug-likeness (QED) is 0.426. The van der Waals surface area contributed by atoms with Gasteiger partial charge < -0.3 is 37.2 Å². The van der Waals surface area contributed by atoms with Gasteiger partial charge in [-0.25, -0.2) is 0 Å². The summed E-state index contributed by atoms with van der Waals surface area (Å²) < 4.78 is 0.222. The Labute approximate surface area is 149 Å². The molecular formula is C13H25Cl3Si2V. The van der Waals surface area contributed by atoms with Gasteiger partial charge >= 0.3 is 113 Å². The van der Waals surface area contributed by atoms with Gasteiger partial charge in [0.25, 0.3) is 0 Å². The van der Waals surface area contributed by atoms with Crippen molar-refractivity contribution in [2.24, 2.45) is 0 Å². The van der Waals surface area contributed by atoms with Crippen molar-refractivity contribution in [2.45, 2.75) is 55.5 Å². The van der Waals surface area contributed by atoms with Gasteiger partial charge in [-0.15, -0.1) is 0 Å². The number of hydrogen-bond donors (Lipinski definition) is 0. The van der Waals surface area contributed by atoms with E-state index in [2.05, 4.69) is 81.9 Å². The van der Waals surface area contributed by atoms with Gasteiger partial charge in [0.2, 0.25) is 0 Å². The van der Waals surface area contributed by atoms with Crippen LogP contribution < -0.4 is 37.2 Å². The zero-order valence-electron chi connectivity index (χ0n) is 12.9. The van der Waals surface area contributed by atoms with Crippen LogP contribution in [0.15, 0.2) is 23.8 Å². The van der Waals surface area contributed by atoms with Crippen LogP contribution in [0.4, 0.5) is 0 Å². The van der Waals surface area contributed by atoms with E-state index in [-0.39, 0.29) is 41.3 Å². The molecule has 1 aliphatic carbocycles. The molecule has 0 aromatic heterocycles. The van der Waals surface area contributed by atoms with Gasteiger partial charge in [-0.1, -0.05) is 0 Å². The molecule has 0 saturated heterocycles. The molecule has 1 aliphatic rings. The van der Waals surface area contributed by atoms with E-state index >= 15 is 0 Å². The van der Waals surface area contributed by atoms with Gasteiger partial charge in [-0.2, -0.15) is 0 Å². The van der Waals surface area contributed by atoms with Gasteiger partial charge in [0.15, 0.2) is 0 Å². The molecule has 0 aromatic carbocycles. The smallest absolute Gasteiger partial charge is 1.00 e. The van der Waals surface area contributed by atoms with Crippen molar-refractivity contribution in [2.75, 3.05) is 0 Å². The van der Waals surface area contributed by atoms with Crippen LogP contribution in [-0.4, -0.2) is 16.1 Å². The molecule has 1 rings (SSSR count). The molecular weight excluding hydrogens is 370 g/mol. The summed E-state index contributed by atoms with van der Waals surface area (Å²) in [5.41, 5.74) is 1.63. The van der Waals surface area contributed by atoms with Crippen LogP contribution in [0.2, 0.25) is 48.6 Å². The molecule has 0 nitrogen and oxygen atoms in total. The molecule has 0 fully saturated rings. The SMILES string of the molecule is C[C]1([V+3])C=CC(C([Si](C)(C)C)[Si](C)(C)C)=C1.[Cl-].[Cl-].[Cl-]. The first-order valence-corrected chi connectivity index (χ1v) is 13.9. The summed E-state index contributed by atoms with van der Waals surface area (Å²) in [6, 6.07) is 0. The summed E-state index contributed by atoms with van der Waals surface area (Å²) in [4.78, 5) is 0. The number of rotatable bonds is 3. The van der Waals surface area contributed by atoms with Crippen LogP contribution in [0.1, 0.15) is 6.92 Å². The molecule has 0 saturated carbocycles. The van der Waals surface area contributed by atoms with Crippen LogP contribution in [-0.2, 0) is 17.4 Å². The predicted octanol–water partition coefficient (Wildman–Crippen LogP) is -4.19. The van der Waals surface area contributed by atoms with Crippen molar-refractivity contribution in [1.29, 1.82) is 0 Å². The van der Waals surface area contributed by atoms with E-state index in [1.165, 1.54) is 0 Å². The average Bonchev–Trinajstić information content (AvgIpc) is 2.23. The van der Waals surface area contributed by atoms with Crippen molar-refractivity contribution in [1.82, 2.24) is 0 Å². The molecule has 0 amide bonds. The van der Waals surface area contributed by atoms with Gasteiger partial charge in [0.1, 0.15) is 0 Å². The van der Waals surface area contributed by atoms with E-state index in [0.29, 0.717) is 0 Å². The monoisotopic (exact) mass is 393 g/mol. The fourth-order valence-electron chi connectivity index (χ4n) is 3.18. The van der Waals surface area contributed by atoms with E-state index < -0.39 is 16.1 Å². The Morgan fingerprint density at radius 1 is 0.947 bits per heavy atom. The maximum atomic E-state index is 2.79. The molecule has 0 heterocycles. The second-order valence-electron chi connectivity index (χ2n) is 7.37. The second-order valence-corrected chi connectivity index (χ2v) is 20.1. The predicted molar refractivity (Wildman–Crippen MR) is 76.0 cm³/mol. The van der Waals surface area contributed by atoms with Crippen LogP contribution in [0.3, 0.4) is 0 Å². The molecule has 0 spiro atoms. The molecule has 0 radical (unpaired) electrons. The van der Waals surface area contributed by atoms with E-state index in [0.717, 1.165) is 5.16 Å². The van der Waals surface area contributed by atoms with Crippen LogP contribution in [0.25, 0.3) is 0 Å². The first-order valence-electron chi connectivity index (χ1n) is 6.08. The van der Waals surface area contributed by atoms with E-state index in [4.69, 9.17) is 0 Å². The van der Waals surface area contributed by atoms with Crippen LogP contribution in [0.5, 0.6) is 0 Å². The van der Waals surface area contributed by atoms with Gasteiger partial charge in [0, 0.05) is 0 Å². The first-order chi connectivity index (χ1) is 6.93. The third-order valence-electron chi connectivity index (χ3n) is 3.14. The maximum Gasteiger partial charge on any atom is -1.00 e. The molecule has 1 atom stereocenters. The summed E-state index contributed by atoms with van der Waals surface area (Å²) >= 11 is 2.79. The molecule has 0 bridgehead atoms. The maximum absolute atomic E-state index is 2.79. The van der Waals surface area contributed by atoms with E-state index in [1.54, 1.807) is 5.57 Å². The van der Waals surface area contributed by atoms with Crippen LogP contribution in [0, 0.1) is 0 Å². The first kappa shape index (κ1) is 25.3. The van der Waals surface area contributed by atoms with Crippen molar-refractivity contribution in [3.8, 4) is 0 Å². The minimum Gasteiger partial charge on any atom is -1.00 e. The van der Waals surface area contributed by atoms with E-state index in [9.17, 15) is 0 Å². The summed E-state index contributed by atoms with van der Waals surface area (Å²) in [5.74, 6) is 0. The molecule has 19 heavy (non-hydrogen) atoms. The largest absolute Gasteiger partial charge is 1.00 e. The van der Waals surface area contributed by atoms with Gasteiger partial charge in [-0.3, -0.25) is 0 Å². The van der Waals surface area contributed by atoms with Crippen LogP contribution >= 0.6 is 0 Å². The van der Waals surface area contributed by atoms with Crippen molar-refractivity contribution in [3.63, 3.8) is 0 Å². The van der Waals surface area contributed by atoms with Crippen molar-refractivity contribution >= 4 is 16.1 Å². The summed E-state index contributed by atoms with van der Waals surface area (Å²) in [7, 11) is -2.23. The third kappa shape index (κ3) is 7.26. The molecule has 0 aromatic rings. The summed E-state index contributed by atoms with van der Waals surface area (Å²) in [6.45, 7) is 17.4.